The highest BCUT2D eigenvalue weighted by Gasteiger charge is 2.32. The third-order valence-electron chi connectivity index (χ3n) is 6.15. The number of benzene rings is 2. The van der Waals surface area contributed by atoms with Gasteiger partial charge in [-0.25, -0.2) is 14.6 Å². The van der Waals surface area contributed by atoms with Crippen molar-refractivity contribution in [3.05, 3.63) is 83.6 Å². The predicted octanol–water partition coefficient (Wildman–Crippen LogP) is 3.75. The van der Waals surface area contributed by atoms with Crippen molar-refractivity contribution in [3.8, 4) is 11.1 Å². The second-order valence-electron chi connectivity index (χ2n) is 8.16. The highest BCUT2D eigenvalue weighted by molar-refractivity contribution is 5.93. The van der Waals surface area contributed by atoms with E-state index in [9.17, 15) is 14.7 Å². The van der Waals surface area contributed by atoms with Gasteiger partial charge in [0.1, 0.15) is 18.0 Å². The zero-order valence-electron chi connectivity index (χ0n) is 17.4. The van der Waals surface area contributed by atoms with Gasteiger partial charge in [0.05, 0.1) is 0 Å². The quantitative estimate of drug-likeness (QED) is 0.620. The normalized spacial score (nSPS) is 14.9. The fourth-order valence-corrected chi connectivity index (χ4v) is 4.56. The number of nitrogens with one attached hydrogen (secondary N) is 1. The molecule has 0 spiro atoms. The number of aromatic nitrogens is 1. The van der Waals surface area contributed by atoms with Gasteiger partial charge in [0.2, 0.25) is 0 Å². The number of alkyl carbamates (subject to hydrolysis) is 1. The molecule has 2 N–H and O–H groups in total. The highest BCUT2D eigenvalue weighted by Crippen LogP contribution is 2.44. The van der Waals surface area contributed by atoms with E-state index < -0.39 is 12.1 Å². The monoisotopic (exact) mass is 429 g/mol. The molecule has 0 unspecified atom stereocenters. The Morgan fingerprint density at radius 3 is 2.31 bits per heavy atom. The summed E-state index contributed by atoms with van der Waals surface area (Å²) >= 11 is 0. The van der Waals surface area contributed by atoms with Crippen LogP contribution in [0, 0.1) is 5.92 Å². The second-order valence-corrected chi connectivity index (χ2v) is 8.16. The highest BCUT2D eigenvalue weighted by atomic mass is 16.5. The molecule has 162 valence electrons. The van der Waals surface area contributed by atoms with Gasteiger partial charge in [-0.1, -0.05) is 48.5 Å². The fraction of sp³-hybridized carbons (Fsp3) is 0.240. The molecule has 2 aliphatic rings. The summed E-state index contributed by atoms with van der Waals surface area (Å²) in [7, 11) is 0. The zero-order chi connectivity index (χ0) is 22.1. The van der Waals surface area contributed by atoms with Crippen LogP contribution in [0.2, 0.25) is 0 Å². The van der Waals surface area contributed by atoms with Crippen molar-refractivity contribution in [3.63, 3.8) is 0 Å². The third-order valence-corrected chi connectivity index (χ3v) is 6.15. The van der Waals surface area contributed by atoms with Crippen LogP contribution in [0.4, 0.5) is 10.6 Å². The van der Waals surface area contributed by atoms with Gasteiger partial charge in [0.15, 0.2) is 0 Å². The van der Waals surface area contributed by atoms with Crippen LogP contribution in [-0.2, 0) is 4.74 Å². The molecule has 1 aliphatic heterocycles. The molecule has 1 aliphatic carbocycles. The minimum Gasteiger partial charge on any atom is -0.478 e. The predicted molar refractivity (Wildman–Crippen MR) is 120 cm³/mol. The van der Waals surface area contributed by atoms with Crippen molar-refractivity contribution >= 4 is 17.9 Å². The number of aromatic carboxylic acids is 1. The molecule has 0 radical (unpaired) electrons. The molecule has 1 saturated heterocycles. The molecule has 1 amide bonds. The molecular weight excluding hydrogens is 406 g/mol. The van der Waals surface area contributed by atoms with E-state index in [1.54, 1.807) is 18.3 Å². The maximum Gasteiger partial charge on any atom is 0.407 e. The number of carbonyl (C=O) groups excluding carboxylic acids is 1. The molecule has 2 heterocycles. The van der Waals surface area contributed by atoms with E-state index in [4.69, 9.17) is 4.74 Å². The van der Waals surface area contributed by atoms with Gasteiger partial charge in [-0.3, -0.25) is 0 Å². The Kier molecular flexibility index (Phi) is 5.23. The van der Waals surface area contributed by atoms with E-state index in [0.29, 0.717) is 25.5 Å². The van der Waals surface area contributed by atoms with Gasteiger partial charge >= 0.3 is 12.1 Å². The van der Waals surface area contributed by atoms with E-state index in [1.807, 2.05) is 29.2 Å². The Balaban J connectivity index is 1.13. The van der Waals surface area contributed by atoms with Crippen molar-refractivity contribution in [2.24, 2.45) is 5.92 Å². The molecule has 1 aromatic heterocycles. The largest absolute Gasteiger partial charge is 0.478 e. The lowest BCUT2D eigenvalue weighted by molar-refractivity contribution is 0.0696. The number of ether oxygens (including phenoxy) is 1. The van der Waals surface area contributed by atoms with E-state index >= 15 is 0 Å². The van der Waals surface area contributed by atoms with Crippen LogP contribution in [0.5, 0.6) is 0 Å². The number of nitrogens with zero attached hydrogens (tertiary/aromatic N) is 2. The number of hydrogen-bond donors (Lipinski definition) is 2. The molecule has 7 heteroatoms. The van der Waals surface area contributed by atoms with Crippen LogP contribution in [0.3, 0.4) is 0 Å². The maximum atomic E-state index is 12.3. The second kappa shape index (κ2) is 8.34. The van der Waals surface area contributed by atoms with Crippen LogP contribution in [0.1, 0.15) is 27.4 Å². The van der Waals surface area contributed by atoms with Crippen molar-refractivity contribution in [2.45, 2.75) is 5.92 Å². The minimum atomic E-state index is -0.992. The number of pyridine rings is 1. The fourth-order valence-electron chi connectivity index (χ4n) is 4.56. The molecule has 2 aromatic carbocycles. The molecular formula is C25H23N3O4. The van der Waals surface area contributed by atoms with Crippen molar-refractivity contribution < 1.29 is 19.4 Å². The molecule has 0 atom stereocenters. The van der Waals surface area contributed by atoms with Crippen LogP contribution in [-0.4, -0.2) is 48.4 Å². The third kappa shape index (κ3) is 3.66. The van der Waals surface area contributed by atoms with E-state index in [2.05, 4.69) is 34.6 Å². The maximum absolute atomic E-state index is 12.3. The van der Waals surface area contributed by atoms with Gasteiger partial charge in [0.25, 0.3) is 0 Å². The van der Waals surface area contributed by atoms with Crippen LogP contribution in [0.25, 0.3) is 11.1 Å². The molecule has 3 aromatic rings. The first-order chi connectivity index (χ1) is 15.6. The smallest absolute Gasteiger partial charge is 0.407 e. The Morgan fingerprint density at radius 2 is 1.66 bits per heavy atom. The number of hydrogen-bond acceptors (Lipinski definition) is 5. The Hall–Kier alpha value is -3.87. The van der Waals surface area contributed by atoms with Gasteiger partial charge < -0.3 is 20.1 Å². The van der Waals surface area contributed by atoms with Gasteiger partial charge in [-0.15, -0.1) is 0 Å². The summed E-state index contributed by atoms with van der Waals surface area (Å²) in [6.45, 7) is 2.04. The SMILES string of the molecule is O=C(NCC1CN(c2ncccc2C(=O)O)C1)OCC1c2ccccc2-c2ccccc21. The molecule has 0 bridgehead atoms. The van der Waals surface area contributed by atoms with Crippen LogP contribution in [0.15, 0.2) is 66.9 Å². The summed E-state index contributed by atoms with van der Waals surface area (Å²) in [5, 5.41) is 12.1. The summed E-state index contributed by atoms with van der Waals surface area (Å²) in [4.78, 5) is 29.8. The molecule has 1 fully saturated rings. The van der Waals surface area contributed by atoms with Gasteiger partial charge in [-0.05, 0) is 34.4 Å². The van der Waals surface area contributed by atoms with E-state index in [1.165, 1.54) is 22.3 Å². The zero-order valence-corrected chi connectivity index (χ0v) is 17.4. The number of carboxylic acid groups (broad SMARTS) is 1. The lowest BCUT2D eigenvalue weighted by Gasteiger charge is -2.40. The summed E-state index contributed by atoms with van der Waals surface area (Å²) in [5.74, 6) is -0.268. The van der Waals surface area contributed by atoms with E-state index in [-0.39, 0.29) is 24.0 Å². The molecule has 7 nitrogen and oxygen atoms in total. The summed E-state index contributed by atoms with van der Waals surface area (Å²) < 4.78 is 5.57. The topological polar surface area (TPSA) is 91.8 Å². The standard InChI is InChI=1S/C25H23N3O4/c29-24(30)21-10-5-11-26-23(21)28-13-16(14-28)12-27-25(31)32-15-22-19-8-3-1-6-17(19)18-7-2-4-9-20(18)22/h1-11,16,22H,12-15H2,(H,27,31)(H,29,30). The van der Waals surface area contributed by atoms with Gasteiger partial charge in [0, 0.05) is 37.7 Å². The number of carboxylic acids is 1. The number of amides is 1. The number of anilines is 1. The lowest BCUT2D eigenvalue weighted by atomic mass is 9.98. The van der Waals surface area contributed by atoms with Gasteiger partial charge in [-0.2, -0.15) is 0 Å². The molecule has 0 saturated carbocycles. The molecule has 32 heavy (non-hydrogen) atoms. The number of fused-ring (bicyclic) bond motifs is 3. The van der Waals surface area contributed by atoms with Crippen LogP contribution < -0.4 is 10.2 Å². The average molecular weight is 429 g/mol. The number of rotatable bonds is 6. The summed E-state index contributed by atoms with van der Waals surface area (Å²) in [6, 6.07) is 19.6. The van der Waals surface area contributed by atoms with Crippen molar-refractivity contribution in [2.75, 3.05) is 31.1 Å². The van der Waals surface area contributed by atoms with Crippen LogP contribution >= 0.6 is 0 Å². The Morgan fingerprint density at radius 1 is 1.00 bits per heavy atom. The molecule has 5 rings (SSSR count). The summed E-state index contributed by atoms with van der Waals surface area (Å²) in [6.07, 6.45) is 1.15. The summed E-state index contributed by atoms with van der Waals surface area (Å²) in [5.41, 5.74) is 4.95. The first kappa shape index (κ1) is 20.1. The Labute approximate surface area is 185 Å². The first-order valence-corrected chi connectivity index (χ1v) is 10.6. The van der Waals surface area contributed by atoms with Crippen molar-refractivity contribution in [1.29, 1.82) is 0 Å². The Bertz CT molecular complexity index is 1130. The van der Waals surface area contributed by atoms with E-state index in [0.717, 1.165) is 0 Å². The van der Waals surface area contributed by atoms with Crippen molar-refractivity contribution in [1.82, 2.24) is 10.3 Å². The first-order valence-electron chi connectivity index (χ1n) is 10.6. The average Bonchev–Trinajstić information content (AvgIpc) is 3.10. The minimum absolute atomic E-state index is 0.0333. The number of carbonyl (C=O) groups is 2. The lowest BCUT2D eigenvalue weighted by Crippen LogP contribution is -2.52.